The Kier molecular flexibility index (Phi) is 7.09. The molecule has 166 valence electrons. The zero-order chi connectivity index (χ0) is 22.6. The number of aromatic nitrogens is 1. The highest BCUT2D eigenvalue weighted by Crippen LogP contribution is 2.33. The summed E-state index contributed by atoms with van der Waals surface area (Å²) >= 11 is 1.44. The third-order valence-corrected chi connectivity index (χ3v) is 5.88. The summed E-state index contributed by atoms with van der Waals surface area (Å²) in [6, 6.07) is 6.06. The topological polar surface area (TPSA) is 88.3 Å². The van der Waals surface area contributed by atoms with Gasteiger partial charge in [0.1, 0.15) is 0 Å². The minimum atomic E-state index is -4.53. The summed E-state index contributed by atoms with van der Waals surface area (Å²) in [6.45, 7) is 1.27. The van der Waals surface area contributed by atoms with Crippen LogP contribution in [0.25, 0.3) is 0 Å². The lowest BCUT2D eigenvalue weighted by atomic mass is 9.93. The fraction of sp³-hybridized carbons (Fsp3) is 0.381. The van der Waals surface area contributed by atoms with E-state index in [0.29, 0.717) is 31.0 Å². The molecule has 0 aliphatic carbocycles. The van der Waals surface area contributed by atoms with E-state index in [-0.39, 0.29) is 17.4 Å². The Balaban J connectivity index is 1.81. The van der Waals surface area contributed by atoms with E-state index in [0.717, 1.165) is 29.9 Å². The number of hydrogen-bond donors (Lipinski definition) is 2. The molecule has 2 amide bonds. The summed E-state index contributed by atoms with van der Waals surface area (Å²) in [6.07, 6.45) is 0.883. The SMILES string of the molecule is CSc1cnc(N2CCC(CC(N)=O)CC2)c(NC(=O)c2cccc(C(F)(F)F)c2)c1. The van der Waals surface area contributed by atoms with Gasteiger partial charge in [0.05, 0.1) is 11.3 Å². The summed E-state index contributed by atoms with van der Waals surface area (Å²) in [7, 11) is 0. The van der Waals surface area contributed by atoms with Crippen molar-refractivity contribution in [3.05, 3.63) is 47.7 Å². The van der Waals surface area contributed by atoms with Gasteiger partial charge in [0.15, 0.2) is 5.82 Å². The lowest BCUT2D eigenvalue weighted by Gasteiger charge is -2.33. The van der Waals surface area contributed by atoms with Crippen molar-refractivity contribution in [2.24, 2.45) is 11.7 Å². The number of piperidine rings is 1. The number of rotatable bonds is 6. The van der Waals surface area contributed by atoms with Crippen LogP contribution in [-0.2, 0) is 11.0 Å². The van der Waals surface area contributed by atoms with Crippen LogP contribution in [0.2, 0.25) is 0 Å². The molecule has 1 fully saturated rings. The van der Waals surface area contributed by atoms with Gasteiger partial charge in [-0.3, -0.25) is 9.59 Å². The van der Waals surface area contributed by atoms with Crippen LogP contribution in [0.5, 0.6) is 0 Å². The maximum Gasteiger partial charge on any atom is 0.416 e. The molecule has 0 atom stereocenters. The number of alkyl halides is 3. The molecule has 1 aromatic carbocycles. The lowest BCUT2D eigenvalue weighted by molar-refractivity contribution is -0.137. The summed E-state index contributed by atoms with van der Waals surface area (Å²) in [4.78, 5) is 31.2. The smallest absolute Gasteiger partial charge is 0.370 e. The first-order valence-electron chi connectivity index (χ1n) is 9.73. The monoisotopic (exact) mass is 452 g/mol. The number of hydrogen-bond acceptors (Lipinski definition) is 5. The van der Waals surface area contributed by atoms with Crippen LogP contribution in [0, 0.1) is 5.92 Å². The minimum absolute atomic E-state index is 0.0875. The first-order chi connectivity index (χ1) is 14.7. The molecule has 0 unspecified atom stereocenters. The molecule has 3 N–H and O–H groups in total. The van der Waals surface area contributed by atoms with Crippen molar-refractivity contribution in [1.82, 2.24) is 4.98 Å². The summed E-state index contributed by atoms with van der Waals surface area (Å²) in [5, 5.41) is 2.72. The van der Waals surface area contributed by atoms with Crippen molar-refractivity contribution < 1.29 is 22.8 Å². The Labute approximate surface area is 182 Å². The average molecular weight is 453 g/mol. The molecule has 10 heteroatoms. The molecule has 1 aliphatic rings. The number of amides is 2. The molecule has 31 heavy (non-hydrogen) atoms. The number of nitrogens with zero attached hydrogens (tertiary/aromatic N) is 2. The van der Waals surface area contributed by atoms with Gasteiger partial charge < -0.3 is 16.0 Å². The first-order valence-corrected chi connectivity index (χ1v) is 11.0. The van der Waals surface area contributed by atoms with Gasteiger partial charge in [-0.05, 0) is 49.3 Å². The number of carbonyl (C=O) groups excluding carboxylic acids is 2. The van der Waals surface area contributed by atoms with Crippen molar-refractivity contribution in [1.29, 1.82) is 0 Å². The molecular formula is C21H23F3N4O2S. The number of anilines is 2. The third-order valence-electron chi connectivity index (χ3n) is 5.18. The highest BCUT2D eigenvalue weighted by Gasteiger charge is 2.31. The maximum atomic E-state index is 13.0. The molecule has 0 radical (unpaired) electrons. The minimum Gasteiger partial charge on any atom is -0.370 e. The number of pyridine rings is 1. The number of thioether (sulfide) groups is 1. The predicted octanol–water partition coefficient (Wildman–Crippen LogP) is 4.17. The normalized spacial score (nSPS) is 15.0. The molecular weight excluding hydrogens is 429 g/mol. The highest BCUT2D eigenvalue weighted by molar-refractivity contribution is 7.98. The standard InChI is InChI=1S/C21H23F3N4O2S/c1-31-16-11-17(27-20(30)14-3-2-4-15(10-14)21(22,23)24)19(26-12-16)28-7-5-13(6-8-28)9-18(25)29/h2-4,10-13H,5-9H2,1H3,(H2,25,29)(H,27,30). The van der Waals surface area contributed by atoms with Crippen LogP contribution in [0.3, 0.4) is 0 Å². The molecule has 6 nitrogen and oxygen atoms in total. The van der Waals surface area contributed by atoms with E-state index in [2.05, 4.69) is 10.3 Å². The first kappa shape index (κ1) is 22.9. The van der Waals surface area contributed by atoms with Crippen molar-refractivity contribution in [3.8, 4) is 0 Å². The van der Waals surface area contributed by atoms with E-state index < -0.39 is 17.6 Å². The third kappa shape index (κ3) is 5.90. The zero-order valence-electron chi connectivity index (χ0n) is 16.9. The number of carbonyl (C=O) groups is 2. The van der Waals surface area contributed by atoms with E-state index in [1.807, 2.05) is 11.2 Å². The Hall–Kier alpha value is -2.75. The van der Waals surface area contributed by atoms with Gasteiger partial charge in [-0.1, -0.05) is 6.07 Å². The van der Waals surface area contributed by atoms with Gasteiger partial charge in [0.2, 0.25) is 5.91 Å². The molecule has 0 saturated carbocycles. The van der Waals surface area contributed by atoms with Crippen LogP contribution in [0.4, 0.5) is 24.7 Å². The quantitative estimate of drug-likeness (QED) is 0.643. The molecule has 3 rings (SSSR count). The molecule has 1 aliphatic heterocycles. The van der Waals surface area contributed by atoms with Gasteiger partial charge >= 0.3 is 6.18 Å². The van der Waals surface area contributed by atoms with Crippen LogP contribution < -0.4 is 16.0 Å². The number of benzene rings is 1. The van der Waals surface area contributed by atoms with Crippen molar-refractivity contribution in [3.63, 3.8) is 0 Å². The predicted molar refractivity (Wildman–Crippen MR) is 114 cm³/mol. The fourth-order valence-electron chi connectivity index (χ4n) is 3.56. The Morgan fingerprint density at radius 1 is 1.26 bits per heavy atom. The molecule has 2 aromatic rings. The zero-order valence-corrected chi connectivity index (χ0v) is 17.7. The Morgan fingerprint density at radius 2 is 1.97 bits per heavy atom. The summed E-state index contributed by atoms with van der Waals surface area (Å²) < 4.78 is 39.0. The number of halogens is 3. The van der Waals surface area contributed by atoms with Crippen LogP contribution in [0.1, 0.15) is 35.2 Å². The van der Waals surface area contributed by atoms with Gasteiger partial charge in [-0.15, -0.1) is 11.8 Å². The highest BCUT2D eigenvalue weighted by atomic mass is 32.2. The molecule has 2 heterocycles. The van der Waals surface area contributed by atoms with Gasteiger partial charge in [0, 0.05) is 36.2 Å². The van der Waals surface area contributed by atoms with Gasteiger partial charge in [-0.2, -0.15) is 13.2 Å². The molecule has 0 spiro atoms. The van der Waals surface area contributed by atoms with E-state index in [1.165, 1.54) is 23.9 Å². The number of nitrogens with one attached hydrogen (secondary N) is 1. The largest absolute Gasteiger partial charge is 0.416 e. The summed E-state index contributed by atoms with van der Waals surface area (Å²) in [5.74, 6) is -0.205. The van der Waals surface area contributed by atoms with E-state index in [9.17, 15) is 22.8 Å². The number of nitrogens with two attached hydrogens (primary N) is 1. The average Bonchev–Trinajstić information content (AvgIpc) is 2.73. The Morgan fingerprint density at radius 3 is 2.58 bits per heavy atom. The van der Waals surface area contributed by atoms with Crippen molar-refractivity contribution in [2.45, 2.75) is 30.3 Å². The number of primary amides is 1. The van der Waals surface area contributed by atoms with Gasteiger partial charge in [-0.25, -0.2) is 4.98 Å². The van der Waals surface area contributed by atoms with Crippen molar-refractivity contribution in [2.75, 3.05) is 29.6 Å². The second kappa shape index (κ2) is 9.59. The van der Waals surface area contributed by atoms with Crippen molar-refractivity contribution >= 4 is 35.1 Å². The second-order valence-corrected chi connectivity index (χ2v) is 8.26. The van der Waals surface area contributed by atoms with E-state index in [1.54, 1.807) is 12.3 Å². The maximum absolute atomic E-state index is 13.0. The Bertz CT molecular complexity index is 960. The second-order valence-electron chi connectivity index (χ2n) is 7.38. The molecule has 1 saturated heterocycles. The van der Waals surface area contributed by atoms with E-state index in [4.69, 9.17) is 5.73 Å². The van der Waals surface area contributed by atoms with Crippen LogP contribution in [-0.4, -0.2) is 36.1 Å². The van der Waals surface area contributed by atoms with Crippen LogP contribution in [0.15, 0.2) is 41.4 Å². The fourth-order valence-corrected chi connectivity index (χ4v) is 3.95. The van der Waals surface area contributed by atoms with Crippen LogP contribution >= 0.6 is 11.8 Å². The summed E-state index contributed by atoms with van der Waals surface area (Å²) in [5.41, 5.74) is 4.75. The molecule has 1 aromatic heterocycles. The molecule has 0 bridgehead atoms. The van der Waals surface area contributed by atoms with Gasteiger partial charge in [0.25, 0.3) is 5.91 Å². The van der Waals surface area contributed by atoms with E-state index >= 15 is 0 Å². The lowest BCUT2D eigenvalue weighted by Crippen LogP contribution is -2.36.